The van der Waals surface area contributed by atoms with Gasteiger partial charge in [0.1, 0.15) is 24.1 Å². The van der Waals surface area contributed by atoms with Gasteiger partial charge in [0.2, 0.25) is 5.91 Å². The van der Waals surface area contributed by atoms with Crippen molar-refractivity contribution in [3.63, 3.8) is 0 Å². The number of hydrogen-bond donors (Lipinski definition) is 6. The summed E-state index contributed by atoms with van der Waals surface area (Å²) >= 11 is 0. The highest BCUT2D eigenvalue weighted by Gasteiger charge is 2.46. The van der Waals surface area contributed by atoms with Gasteiger partial charge in [0, 0.05) is 24.4 Å². The third-order valence-electron chi connectivity index (χ3n) is 4.58. The summed E-state index contributed by atoms with van der Waals surface area (Å²) in [6, 6.07) is -0.332. The molecule has 1 saturated heterocycles. The van der Waals surface area contributed by atoms with Gasteiger partial charge in [-0.05, 0) is 26.8 Å². The van der Waals surface area contributed by atoms with Crippen LogP contribution in [-0.4, -0.2) is 62.6 Å². The Hall–Kier alpha value is -2.47. The molecule has 1 aliphatic heterocycles. The van der Waals surface area contributed by atoms with E-state index >= 15 is 0 Å². The summed E-state index contributed by atoms with van der Waals surface area (Å²) in [5.41, 5.74) is 11.6. The van der Waals surface area contributed by atoms with Crippen molar-refractivity contribution >= 4 is 11.7 Å². The number of hydrogen-bond acceptors (Lipinski definition) is 9. The van der Waals surface area contributed by atoms with E-state index in [1.54, 1.807) is 0 Å². The number of allylic oxidation sites excluding steroid dienone is 1. The summed E-state index contributed by atoms with van der Waals surface area (Å²) < 4.78 is 6.68. The summed E-state index contributed by atoms with van der Waals surface area (Å²) in [6.07, 6.45) is 0.145. The zero-order chi connectivity index (χ0) is 21.7. The van der Waals surface area contributed by atoms with E-state index in [1.165, 1.54) is 12.3 Å². The van der Waals surface area contributed by atoms with E-state index < -0.39 is 48.7 Å². The zero-order valence-electron chi connectivity index (χ0n) is 16.8. The summed E-state index contributed by atoms with van der Waals surface area (Å²) in [7, 11) is 0. The van der Waals surface area contributed by atoms with Crippen LogP contribution in [0.5, 0.6) is 0 Å². The van der Waals surface area contributed by atoms with Gasteiger partial charge in [-0.25, -0.2) is 4.79 Å². The molecule has 8 N–H and O–H groups in total. The molecule has 0 saturated carbocycles. The van der Waals surface area contributed by atoms with E-state index in [9.17, 15) is 19.8 Å². The average molecular weight is 410 g/mol. The van der Waals surface area contributed by atoms with Gasteiger partial charge in [0.15, 0.2) is 6.23 Å². The van der Waals surface area contributed by atoms with Crippen molar-refractivity contribution in [3.8, 4) is 0 Å². The number of carbonyl (C=O) groups is 1. The number of aromatic nitrogens is 2. The van der Waals surface area contributed by atoms with Crippen LogP contribution in [-0.2, 0) is 9.53 Å². The lowest BCUT2D eigenvalue weighted by Gasteiger charge is -2.25. The molecule has 2 rings (SSSR count). The number of aliphatic hydroxyl groups excluding tert-OH is 2. The molecule has 2 heterocycles. The number of nitrogens with two attached hydrogens (primary N) is 2. The molecule has 11 nitrogen and oxygen atoms in total. The molecule has 0 aromatic carbocycles. The molecule has 3 unspecified atom stereocenters. The Balaban J connectivity index is 2.18. The number of rotatable bonds is 8. The first-order valence-electron chi connectivity index (χ1n) is 9.44. The number of aliphatic hydroxyl groups is 2. The number of carbonyl (C=O) groups excluding carboxylic acids is 1. The molecule has 1 aromatic rings. The van der Waals surface area contributed by atoms with Crippen LogP contribution in [0.15, 0.2) is 28.8 Å². The molecule has 11 heteroatoms. The lowest BCUT2D eigenvalue weighted by molar-refractivity contribution is -0.124. The number of nitrogen functional groups attached to an aromatic ring is 1. The van der Waals surface area contributed by atoms with Crippen molar-refractivity contribution in [2.75, 3.05) is 12.3 Å². The van der Waals surface area contributed by atoms with Gasteiger partial charge in [0.25, 0.3) is 0 Å². The van der Waals surface area contributed by atoms with Gasteiger partial charge in [-0.15, -0.1) is 0 Å². The Labute approximate surface area is 168 Å². The zero-order valence-corrected chi connectivity index (χ0v) is 16.8. The van der Waals surface area contributed by atoms with Gasteiger partial charge in [-0.2, -0.15) is 4.98 Å². The van der Waals surface area contributed by atoms with E-state index in [1.807, 2.05) is 26.8 Å². The normalized spacial score (nSPS) is 25.8. The van der Waals surface area contributed by atoms with Crippen LogP contribution in [0.25, 0.3) is 0 Å². The number of ether oxygens (including phenoxy) is 1. The predicted molar refractivity (Wildman–Crippen MR) is 106 cm³/mol. The van der Waals surface area contributed by atoms with Crippen LogP contribution in [0.2, 0.25) is 0 Å². The Morgan fingerprint density at radius 1 is 1.48 bits per heavy atom. The Morgan fingerprint density at radius 3 is 2.72 bits per heavy atom. The smallest absolute Gasteiger partial charge is 0.351 e. The van der Waals surface area contributed by atoms with Gasteiger partial charge in [0.05, 0.1) is 12.6 Å². The largest absolute Gasteiger partial charge is 0.394 e. The Morgan fingerprint density at radius 2 is 2.17 bits per heavy atom. The van der Waals surface area contributed by atoms with Crippen LogP contribution in [0.3, 0.4) is 0 Å². The Bertz CT molecular complexity index is 795. The maximum Gasteiger partial charge on any atom is 0.351 e. The average Bonchev–Trinajstić information content (AvgIpc) is 2.96. The molecule has 0 aliphatic carbocycles. The van der Waals surface area contributed by atoms with Crippen molar-refractivity contribution < 1.29 is 19.7 Å². The predicted octanol–water partition coefficient (Wildman–Crippen LogP) is -1.82. The van der Waals surface area contributed by atoms with Crippen molar-refractivity contribution in [1.82, 2.24) is 20.2 Å². The maximum absolute atomic E-state index is 12.6. The molecule has 162 valence electrons. The molecular weight excluding hydrogens is 380 g/mol. The molecule has 1 aromatic heterocycles. The monoisotopic (exact) mass is 410 g/mol. The summed E-state index contributed by atoms with van der Waals surface area (Å²) in [5, 5.41) is 25.8. The quantitative estimate of drug-likeness (QED) is 0.288. The second-order valence-corrected chi connectivity index (χ2v) is 7.24. The van der Waals surface area contributed by atoms with E-state index in [-0.39, 0.29) is 18.3 Å². The number of nitrogens with zero attached hydrogens (tertiary/aromatic N) is 2. The minimum Gasteiger partial charge on any atom is -0.394 e. The third-order valence-corrected chi connectivity index (χ3v) is 4.58. The highest BCUT2D eigenvalue weighted by atomic mass is 16.5. The van der Waals surface area contributed by atoms with Crippen molar-refractivity contribution in [2.24, 2.45) is 5.73 Å². The van der Waals surface area contributed by atoms with Crippen LogP contribution in [0.1, 0.15) is 33.4 Å². The lowest BCUT2D eigenvalue weighted by Crippen LogP contribution is -2.53. The first-order chi connectivity index (χ1) is 13.7. The van der Waals surface area contributed by atoms with Crippen molar-refractivity contribution in [1.29, 1.82) is 0 Å². The second kappa shape index (κ2) is 9.83. The summed E-state index contributed by atoms with van der Waals surface area (Å²) in [4.78, 5) is 28.5. The Kier molecular flexibility index (Phi) is 7.73. The van der Waals surface area contributed by atoms with Crippen LogP contribution in [0, 0.1) is 0 Å². The minimum atomic E-state index is -1.25. The fourth-order valence-electron chi connectivity index (χ4n) is 3.14. The maximum atomic E-state index is 12.6. The standard InChI is InChI=1S/C18H30N6O5/c1-4-10(21-9(2)3)7-11(19)16(27)23-14-15(26)12(8-25)29-17(14)24-6-5-13(20)22-18(24)28/h4-6,9,11-12,14-15,17,21,25-26H,7-8,19H2,1-3H3,(H,23,27)(H2,20,22,28)/b10-4-/t11?,12-,14?,15?,17-/m1/s1. The van der Waals surface area contributed by atoms with E-state index in [2.05, 4.69) is 15.6 Å². The first-order valence-corrected chi connectivity index (χ1v) is 9.44. The number of nitrogens with one attached hydrogen (secondary N) is 2. The molecule has 1 aliphatic rings. The minimum absolute atomic E-state index is 0.0302. The van der Waals surface area contributed by atoms with Gasteiger partial charge < -0.3 is 37.1 Å². The highest BCUT2D eigenvalue weighted by molar-refractivity contribution is 5.82. The topological polar surface area (TPSA) is 178 Å². The van der Waals surface area contributed by atoms with Gasteiger partial charge >= 0.3 is 5.69 Å². The second-order valence-electron chi connectivity index (χ2n) is 7.24. The summed E-state index contributed by atoms with van der Waals surface area (Å²) in [5.74, 6) is -0.495. The molecular formula is C18H30N6O5. The number of amides is 1. The van der Waals surface area contributed by atoms with Crippen LogP contribution < -0.4 is 27.8 Å². The van der Waals surface area contributed by atoms with Crippen molar-refractivity contribution in [3.05, 3.63) is 34.5 Å². The molecule has 0 radical (unpaired) electrons. The molecule has 1 amide bonds. The SMILES string of the molecule is C/C=C(/CC(N)C(=O)NC1C(O)[C@@H](CO)O[C@H]1n1ccc(N)nc1=O)NC(C)C. The molecule has 29 heavy (non-hydrogen) atoms. The van der Waals surface area contributed by atoms with Crippen LogP contribution in [0.4, 0.5) is 5.82 Å². The highest BCUT2D eigenvalue weighted by Crippen LogP contribution is 2.28. The van der Waals surface area contributed by atoms with Crippen molar-refractivity contribution in [2.45, 2.75) is 63.8 Å². The van der Waals surface area contributed by atoms with Gasteiger partial charge in [-0.1, -0.05) is 6.08 Å². The summed E-state index contributed by atoms with van der Waals surface area (Å²) in [6.45, 7) is 5.29. The van der Waals surface area contributed by atoms with E-state index in [0.29, 0.717) is 0 Å². The van der Waals surface area contributed by atoms with Gasteiger partial charge in [-0.3, -0.25) is 9.36 Å². The number of anilines is 1. The lowest BCUT2D eigenvalue weighted by atomic mass is 10.1. The first kappa shape index (κ1) is 22.8. The third kappa shape index (κ3) is 5.54. The fourth-order valence-corrected chi connectivity index (χ4v) is 3.14. The van der Waals surface area contributed by atoms with Crippen LogP contribution >= 0.6 is 0 Å². The molecule has 0 spiro atoms. The van der Waals surface area contributed by atoms with E-state index in [4.69, 9.17) is 16.2 Å². The fraction of sp³-hybridized carbons (Fsp3) is 0.611. The molecule has 5 atom stereocenters. The molecule has 1 fully saturated rings. The van der Waals surface area contributed by atoms with E-state index in [0.717, 1.165) is 10.3 Å². The molecule has 0 bridgehead atoms.